The summed E-state index contributed by atoms with van der Waals surface area (Å²) in [7, 11) is 0. The van der Waals surface area contributed by atoms with Crippen molar-refractivity contribution in [1.82, 2.24) is 0 Å². The van der Waals surface area contributed by atoms with E-state index in [-0.39, 0.29) is 0 Å². The molecule has 0 saturated carbocycles. The topological polar surface area (TPSA) is 0 Å². The standard InChI is InChI=1S/C4H9.2BrH.Sb/c1-3-4-2;;;/h1,3-4H2,2H3;2*1H;/q;;;+2/p-2. The first-order valence-electron chi connectivity index (χ1n) is 2.36. The first-order chi connectivity index (χ1) is 3.27. The number of halogens is 2. The van der Waals surface area contributed by atoms with Crippen molar-refractivity contribution in [2.24, 2.45) is 0 Å². The van der Waals surface area contributed by atoms with Crippen molar-refractivity contribution >= 4 is 40.9 Å². The van der Waals surface area contributed by atoms with Crippen LogP contribution >= 0.6 is 25.2 Å². The van der Waals surface area contributed by atoms with Crippen LogP contribution in [-0.2, 0) is 0 Å². The number of hydrogen-bond acceptors (Lipinski definition) is 0. The van der Waals surface area contributed by atoms with E-state index in [0.717, 1.165) is 0 Å². The molecule has 0 aromatic heterocycles. The van der Waals surface area contributed by atoms with Crippen LogP contribution in [0.5, 0.6) is 0 Å². The zero-order chi connectivity index (χ0) is 5.70. The average Bonchev–Trinajstić information content (AvgIpc) is 1.61. The van der Waals surface area contributed by atoms with Crippen molar-refractivity contribution in [1.29, 1.82) is 0 Å². The average molecular weight is 339 g/mol. The molecular weight excluding hydrogens is 330 g/mol. The Labute approximate surface area is 64.4 Å². The van der Waals surface area contributed by atoms with Gasteiger partial charge in [-0.05, 0) is 0 Å². The van der Waals surface area contributed by atoms with Crippen LogP contribution in [0.2, 0.25) is 4.37 Å². The van der Waals surface area contributed by atoms with Crippen molar-refractivity contribution in [2.75, 3.05) is 0 Å². The number of unbranched alkanes of at least 4 members (excludes halogenated alkanes) is 1. The summed E-state index contributed by atoms with van der Waals surface area (Å²) in [5.41, 5.74) is 0. The van der Waals surface area contributed by atoms with Crippen LogP contribution in [0.25, 0.3) is 0 Å². The van der Waals surface area contributed by atoms with Gasteiger partial charge >= 0.3 is 65.0 Å². The first-order valence-corrected chi connectivity index (χ1v) is 15.6. The SMILES string of the molecule is CCC[CH2][Sb]([Br])[Br]. The minimum atomic E-state index is -0.912. The number of hydrogen-bond donors (Lipinski definition) is 0. The van der Waals surface area contributed by atoms with Gasteiger partial charge in [-0.15, -0.1) is 0 Å². The summed E-state index contributed by atoms with van der Waals surface area (Å²) in [6.45, 7) is 2.23. The summed E-state index contributed by atoms with van der Waals surface area (Å²) < 4.78 is 1.42. The van der Waals surface area contributed by atoms with Gasteiger partial charge in [-0.1, -0.05) is 0 Å². The van der Waals surface area contributed by atoms with E-state index >= 15 is 0 Å². The van der Waals surface area contributed by atoms with Crippen LogP contribution in [0.1, 0.15) is 19.8 Å². The molecule has 0 spiro atoms. The summed E-state index contributed by atoms with van der Waals surface area (Å²) >= 11 is 6.24. The van der Waals surface area contributed by atoms with Gasteiger partial charge in [0.25, 0.3) is 0 Å². The van der Waals surface area contributed by atoms with Gasteiger partial charge in [0, 0.05) is 0 Å². The van der Waals surface area contributed by atoms with E-state index in [1.807, 2.05) is 0 Å². The maximum atomic E-state index is 3.58. The molecule has 0 aliphatic carbocycles. The zero-order valence-corrected chi connectivity index (χ0v) is 10.0. The molecule has 0 aliphatic heterocycles. The molecule has 7 heavy (non-hydrogen) atoms. The van der Waals surface area contributed by atoms with Crippen LogP contribution in [0.15, 0.2) is 0 Å². The summed E-state index contributed by atoms with van der Waals surface area (Å²) in [6, 6.07) is 0. The van der Waals surface area contributed by atoms with Crippen LogP contribution < -0.4 is 0 Å². The third-order valence-corrected chi connectivity index (χ3v) is 7.31. The van der Waals surface area contributed by atoms with Crippen molar-refractivity contribution in [3.05, 3.63) is 0 Å². The first kappa shape index (κ1) is 8.78. The Morgan fingerprint density at radius 3 is 2.14 bits per heavy atom. The molecule has 0 saturated heterocycles. The Kier molecular flexibility index (Phi) is 7.41. The second kappa shape index (κ2) is 5.91. The molecule has 0 aromatic rings. The van der Waals surface area contributed by atoms with E-state index in [4.69, 9.17) is 0 Å². The molecule has 0 nitrogen and oxygen atoms in total. The summed E-state index contributed by atoms with van der Waals surface area (Å²) in [6.07, 6.45) is 2.72. The Morgan fingerprint density at radius 1 is 1.43 bits per heavy atom. The van der Waals surface area contributed by atoms with E-state index in [1.54, 1.807) is 0 Å². The fraction of sp³-hybridized carbons (Fsp3) is 1.00. The maximum absolute atomic E-state index is 3.58. The molecule has 0 aliphatic rings. The monoisotopic (exact) mass is 336 g/mol. The Balaban J connectivity index is 2.68. The van der Waals surface area contributed by atoms with Gasteiger partial charge in [0.1, 0.15) is 0 Å². The molecule has 0 fully saturated rings. The van der Waals surface area contributed by atoms with E-state index < -0.39 is 15.7 Å². The predicted octanol–water partition coefficient (Wildman–Crippen LogP) is 3.06. The molecule has 0 unspecified atom stereocenters. The molecule has 0 aromatic carbocycles. The van der Waals surface area contributed by atoms with Crippen LogP contribution in [0, 0.1) is 0 Å². The summed E-state index contributed by atoms with van der Waals surface area (Å²) in [5.74, 6) is 0. The van der Waals surface area contributed by atoms with Crippen molar-refractivity contribution in [3.8, 4) is 0 Å². The summed E-state index contributed by atoms with van der Waals surface area (Å²) in [4.78, 5) is 0. The van der Waals surface area contributed by atoms with Crippen molar-refractivity contribution in [2.45, 2.75) is 24.1 Å². The molecule has 3 heteroatoms. The van der Waals surface area contributed by atoms with Crippen LogP contribution in [-0.4, -0.2) is 15.7 Å². The van der Waals surface area contributed by atoms with E-state index in [2.05, 4.69) is 32.1 Å². The summed E-state index contributed by atoms with van der Waals surface area (Å²) in [5, 5.41) is 0. The normalized spacial score (nSPS) is 10.3. The van der Waals surface area contributed by atoms with E-state index in [0.29, 0.717) is 0 Å². The van der Waals surface area contributed by atoms with E-state index in [1.165, 1.54) is 17.2 Å². The third kappa shape index (κ3) is 7.78. The number of rotatable bonds is 3. The Hall–Kier alpha value is 1.78. The van der Waals surface area contributed by atoms with Gasteiger partial charge < -0.3 is 0 Å². The van der Waals surface area contributed by atoms with Gasteiger partial charge in [0.15, 0.2) is 0 Å². The van der Waals surface area contributed by atoms with Gasteiger partial charge in [-0.2, -0.15) is 0 Å². The van der Waals surface area contributed by atoms with Crippen LogP contribution in [0.3, 0.4) is 0 Å². The second-order valence-corrected chi connectivity index (χ2v) is 22.3. The zero-order valence-electron chi connectivity index (χ0n) is 4.32. The molecule has 44 valence electrons. The van der Waals surface area contributed by atoms with Crippen molar-refractivity contribution < 1.29 is 0 Å². The third-order valence-electron chi connectivity index (χ3n) is 0.681. The molecule has 0 bridgehead atoms. The van der Waals surface area contributed by atoms with Gasteiger partial charge in [-0.3, -0.25) is 0 Å². The Bertz CT molecular complexity index is 38.7. The molecule has 0 amide bonds. The molecular formula is C4H9Br2Sb. The molecule has 0 heterocycles. The molecule has 0 radical (unpaired) electrons. The second-order valence-electron chi connectivity index (χ2n) is 1.38. The van der Waals surface area contributed by atoms with Crippen LogP contribution in [0.4, 0.5) is 0 Å². The quantitative estimate of drug-likeness (QED) is 0.694. The molecule has 0 N–H and O–H groups in total. The van der Waals surface area contributed by atoms with Crippen molar-refractivity contribution in [3.63, 3.8) is 0 Å². The molecule has 0 atom stereocenters. The predicted molar refractivity (Wildman–Crippen MR) is 43.3 cm³/mol. The fourth-order valence-corrected chi connectivity index (χ4v) is 5.23. The van der Waals surface area contributed by atoms with Gasteiger partial charge in [0.2, 0.25) is 0 Å². The van der Waals surface area contributed by atoms with E-state index in [9.17, 15) is 0 Å². The Morgan fingerprint density at radius 2 is 2.00 bits per heavy atom. The fourth-order valence-electron chi connectivity index (χ4n) is 0.278. The molecule has 0 rings (SSSR count). The van der Waals surface area contributed by atoms with Gasteiger partial charge in [-0.25, -0.2) is 0 Å². The minimum absolute atomic E-state index is 0.912. The van der Waals surface area contributed by atoms with Gasteiger partial charge in [0.05, 0.1) is 0 Å².